The zero-order chi connectivity index (χ0) is 14.3. The largest absolute Gasteiger partial charge is 0.399 e. The van der Waals surface area contributed by atoms with Crippen molar-refractivity contribution in [2.45, 2.75) is 18.9 Å². The second kappa shape index (κ2) is 4.74. The van der Waals surface area contributed by atoms with E-state index in [-0.39, 0.29) is 11.7 Å². The molecule has 1 unspecified atom stereocenters. The molecule has 20 heavy (non-hydrogen) atoms. The maximum absolute atomic E-state index is 13.2. The lowest BCUT2D eigenvalue weighted by molar-refractivity contribution is 0.447. The van der Waals surface area contributed by atoms with E-state index in [9.17, 15) is 13.2 Å². The van der Waals surface area contributed by atoms with Crippen LogP contribution < -0.4 is 11.1 Å². The predicted octanol–water partition coefficient (Wildman–Crippen LogP) is 3.79. The van der Waals surface area contributed by atoms with Gasteiger partial charge in [0.15, 0.2) is 17.5 Å². The van der Waals surface area contributed by atoms with Crippen LogP contribution in [0.1, 0.15) is 23.6 Å². The van der Waals surface area contributed by atoms with Crippen molar-refractivity contribution in [3.8, 4) is 0 Å². The predicted molar refractivity (Wildman–Crippen MR) is 71.9 cm³/mol. The van der Waals surface area contributed by atoms with Gasteiger partial charge in [0.1, 0.15) is 0 Å². The van der Waals surface area contributed by atoms with E-state index in [1.54, 1.807) is 6.07 Å². The molecule has 5 heteroatoms. The van der Waals surface area contributed by atoms with Gasteiger partial charge in [-0.1, -0.05) is 6.07 Å². The van der Waals surface area contributed by atoms with Crippen LogP contribution in [0, 0.1) is 17.5 Å². The Morgan fingerprint density at radius 2 is 1.75 bits per heavy atom. The standard InChI is InChI=1S/C15H13F3N2/c16-12-6-10(7-13(17)15(12)18)20-14-4-1-8-5-9(19)2-3-11(8)14/h2-3,5-7,14,20H,1,4,19H2. The van der Waals surface area contributed by atoms with E-state index in [1.165, 1.54) is 0 Å². The highest BCUT2D eigenvalue weighted by Crippen LogP contribution is 2.35. The average Bonchev–Trinajstić information content (AvgIpc) is 2.78. The number of hydrogen-bond acceptors (Lipinski definition) is 2. The monoisotopic (exact) mass is 278 g/mol. The third-order valence-corrected chi connectivity index (χ3v) is 3.57. The van der Waals surface area contributed by atoms with Crippen molar-refractivity contribution in [1.29, 1.82) is 0 Å². The molecule has 0 amide bonds. The summed E-state index contributed by atoms with van der Waals surface area (Å²) in [4.78, 5) is 0. The van der Waals surface area contributed by atoms with Crippen LogP contribution in [0.5, 0.6) is 0 Å². The van der Waals surface area contributed by atoms with Crippen molar-refractivity contribution >= 4 is 11.4 Å². The van der Waals surface area contributed by atoms with Crippen LogP contribution in [0.4, 0.5) is 24.5 Å². The summed E-state index contributed by atoms with van der Waals surface area (Å²) in [5.74, 6) is -3.83. The van der Waals surface area contributed by atoms with E-state index < -0.39 is 17.5 Å². The molecule has 1 aliphatic carbocycles. The summed E-state index contributed by atoms with van der Waals surface area (Å²) in [5, 5.41) is 3.04. The molecule has 0 heterocycles. The molecule has 0 fully saturated rings. The molecule has 0 aliphatic heterocycles. The zero-order valence-electron chi connectivity index (χ0n) is 10.6. The molecule has 0 saturated carbocycles. The fraction of sp³-hybridized carbons (Fsp3) is 0.200. The van der Waals surface area contributed by atoms with Gasteiger partial charge in [-0.2, -0.15) is 0 Å². The minimum atomic E-state index is -1.45. The Labute approximate surface area is 114 Å². The molecular formula is C15H13F3N2. The number of anilines is 2. The number of benzene rings is 2. The molecule has 2 aromatic carbocycles. The van der Waals surface area contributed by atoms with Crippen molar-refractivity contribution in [2.24, 2.45) is 0 Å². The minimum absolute atomic E-state index is 0.0464. The molecule has 2 aromatic rings. The van der Waals surface area contributed by atoms with Gasteiger partial charge in [0.25, 0.3) is 0 Å². The fourth-order valence-electron chi connectivity index (χ4n) is 2.63. The molecular weight excluding hydrogens is 265 g/mol. The molecule has 0 aromatic heterocycles. The molecule has 1 aliphatic rings. The maximum Gasteiger partial charge on any atom is 0.194 e. The Morgan fingerprint density at radius 3 is 2.45 bits per heavy atom. The van der Waals surface area contributed by atoms with Crippen LogP contribution in [-0.4, -0.2) is 0 Å². The molecule has 0 radical (unpaired) electrons. The molecule has 0 spiro atoms. The highest BCUT2D eigenvalue weighted by Gasteiger charge is 2.23. The fourth-order valence-corrected chi connectivity index (χ4v) is 2.63. The molecule has 0 bridgehead atoms. The van der Waals surface area contributed by atoms with Gasteiger partial charge in [0.05, 0.1) is 6.04 Å². The summed E-state index contributed by atoms with van der Waals surface area (Å²) in [6, 6.07) is 7.50. The van der Waals surface area contributed by atoms with Crippen molar-refractivity contribution < 1.29 is 13.2 Å². The third kappa shape index (κ3) is 2.19. The minimum Gasteiger partial charge on any atom is -0.399 e. The van der Waals surface area contributed by atoms with Gasteiger partial charge in [-0.25, -0.2) is 13.2 Å². The first-order valence-corrected chi connectivity index (χ1v) is 6.34. The van der Waals surface area contributed by atoms with Gasteiger partial charge < -0.3 is 11.1 Å². The van der Waals surface area contributed by atoms with E-state index in [4.69, 9.17) is 5.73 Å². The van der Waals surface area contributed by atoms with Crippen LogP contribution in [0.3, 0.4) is 0 Å². The van der Waals surface area contributed by atoms with Crippen LogP contribution in [0.25, 0.3) is 0 Å². The number of fused-ring (bicyclic) bond motifs is 1. The van der Waals surface area contributed by atoms with Crippen LogP contribution in [0.2, 0.25) is 0 Å². The summed E-state index contributed by atoms with van der Waals surface area (Å²) < 4.78 is 39.3. The third-order valence-electron chi connectivity index (χ3n) is 3.57. The van der Waals surface area contributed by atoms with Crippen LogP contribution in [-0.2, 0) is 6.42 Å². The lowest BCUT2D eigenvalue weighted by Gasteiger charge is -2.16. The van der Waals surface area contributed by atoms with Crippen molar-refractivity contribution in [2.75, 3.05) is 11.1 Å². The summed E-state index contributed by atoms with van der Waals surface area (Å²) in [6.45, 7) is 0. The quantitative estimate of drug-likeness (QED) is 0.648. The van der Waals surface area contributed by atoms with E-state index in [1.807, 2.05) is 12.1 Å². The highest BCUT2D eigenvalue weighted by atomic mass is 19.2. The number of nitrogens with two attached hydrogens (primary N) is 1. The lowest BCUT2D eigenvalue weighted by Crippen LogP contribution is -2.08. The van der Waals surface area contributed by atoms with Crippen molar-refractivity contribution in [3.05, 3.63) is 58.9 Å². The Bertz CT molecular complexity index is 647. The highest BCUT2D eigenvalue weighted by molar-refractivity contribution is 5.52. The topological polar surface area (TPSA) is 38.0 Å². The van der Waals surface area contributed by atoms with Gasteiger partial charge in [-0.05, 0) is 36.1 Å². The molecule has 1 atom stereocenters. The number of aryl methyl sites for hydroxylation is 1. The number of rotatable bonds is 2. The number of nitrogen functional groups attached to an aromatic ring is 1. The van der Waals surface area contributed by atoms with Gasteiger partial charge in [0, 0.05) is 23.5 Å². The first kappa shape index (κ1) is 12.8. The molecule has 0 saturated heterocycles. The van der Waals surface area contributed by atoms with Gasteiger partial charge in [0.2, 0.25) is 0 Å². The van der Waals surface area contributed by atoms with Gasteiger partial charge in [-0.15, -0.1) is 0 Å². The first-order valence-electron chi connectivity index (χ1n) is 6.34. The van der Waals surface area contributed by atoms with E-state index in [0.717, 1.165) is 36.1 Å². The number of nitrogens with one attached hydrogen (secondary N) is 1. The SMILES string of the molecule is Nc1ccc2c(c1)CCC2Nc1cc(F)c(F)c(F)c1. The Kier molecular flexibility index (Phi) is 3.04. The number of halogens is 3. The van der Waals surface area contributed by atoms with Crippen molar-refractivity contribution in [1.82, 2.24) is 0 Å². The maximum atomic E-state index is 13.2. The summed E-state index contributed by atoms with van der Waals surface area (Å²) in [7, 11) is 0. The van der Waals surface area contributed by atoms with Crippen molar-refractivity contribution in [3.63, 3.8) is 0 Å². The normalized spacial score (nSPS) is 17.1. The average molecular weight is 278 g/mol. The first-order chi connectivity index (χ1) is 9.54. The van der Waals surface area contributed by atoms with Crippen LogP contribution in [0.15, 0.2) is 30.3 Å². The van der Waals surface area contributed by atoms with Crippen LogP contribution >= 0.6 is 0 Å². The van der Waals surface area contributed by atoms with Gasteiger partial charge in [-0.3, -0.25) is 0 Å². The summed E-state index contributed by atoms with van der Waals surface area (Å²) in [6.07, 6.45) is 1.66. The number of hydrogen-bond donors (Lipinski definition) is 2. The second-order valence-electron chi connectivity index (χ2n) is 4.95. The molecule has 3 N–H and O–H groups in total. The Hall–Kier alpha value is -2.17. The second-order valence-corrected chi connectivity index (χ2v) is 4.95. The zero-order valence-corrected chi connectivity index (χ0v) is 10.6. The Morgan fingerprint density at radius 1 is 1.05 bits per heavy atom. The molecule has 3 rings (SSSR count). The lowest BCUT2D eigenvalue weighted by atomic mass is 10.1. The summed E-state index contributed by atoms with van der Waals surface area (Å²) >= 11 is 0. The van der Waals surface area contributed by atoms with E-state index in [2.05, 4.69) is 5.32 Å². The molecule has 104 valence electrons. The Balaban J connectivity index is 1.87. The smallest absolute Gasteiger partial charge is 0.194 e. The van der Waals surface area contributed by atoms with E-state index >= 15 is 0 Å². The molecule has 2 nitrogen and oxygen atoms in total. The van der Waals surface area contributed by atoms with Gasteiger partial charge >= 0.3 is 0 Å². The summed E-state index contributed by atoms with van der Waals surface area (Å²) in [5.41, 5.74) is 8.84. The van der Waals surface area contributed by atoms with E-state index in [0.29, 0.717) is 5.69 Å².